The van der Waals surface area contributed by atoms with Crippen molar-refractivity contribution in [2.45, 2.75) is 34.1 Å². The average Bonchev–Trinajstić information content (AvgIpc) is 2.64. The molecular weight excluding hydrogens is 304 g/mol. The summed E-state index contributed by atoms with van der Waals surface area (Å²) >= 11 is 3.41. The van der Waals surface area contributed by atoms with Crippen LogP contribution in [0.15, 0.2) is 22.7 Å². The Labute approximate surface area is 121 Å². The summed E-state index contributed by atoms with van der Waals surface area (Å²) in [7, 11) is 0. The molecule has 0 aliphatic carbocycles. The van der Waals surface area contributed by atoms with Crippen LogP contribution in [0.5, 0.6) is 0 Å². The van der Waals surface area contributed by atoms with Crippen molar-refractivity contribution in [3.8, 4) is 5.69 Å². The summed E-state index contributed by atoms with van der Waals surface area (Å²) in [5, 5.41) is 4.57. The third-order valence-corrected chi connectivity index (χ3v) is 3.85. The summed E-state index contributed by atoms with van der Waals surface area (Å²) in [6.45, 7) is 7.76. The summed E-state index contributed by atoms with van der Waals surface area (Å²) in [5.41, 5.74) is 4.90. The van der Waals surface area contributed by atoms with Crippen LogP contribution >= 0.6 is 15.9 Å². The first-order chi connectivity index (χ1) is 8.95. The molecule has 0 bridgehead atoms. The standard InChI is InChI=1S/C15H17BrN2O/c1-5-13-9(2)17-18(10(13)3)15-7-6-12(16)8-14(15)11(4)19/h6-8H,5H2,1-4H3. The molecule has 4 heteroatoms. The second-order valence-corrected chi connectivity index (χ2v) is 5.55. The molecule has 0 aliphatic rings. The van der Waals surface area contributed by atoms with Crippen molar-refractivity contribution in [3.63, 3.8) is 0 Å². The maximum atomic E-state index is 11.8. The Morgan fingerprint density at radius 1 is 1.37 bits per heavy atom. The van der Waals surface area contributed by atoms with E-state index in [0.29, 0.717) is 5.56 Å². The van der Waals surface area contributed by atoms with Gasteiger partial charge in [0.15, 0.2) is 5.78 Å². The molecule has 0 saturated carbocycles. The van der Waals surface area contributed by atoms with Gasteiger partial charge < -0.3 is 0 Å². The van der Waals surface area contributed by atoms with Crippen LogP contribution in [0.25, 0.3) is 5.69 Å². The number of benzene rings is 1. The Kier molecular flexibility index (Phi) is 3.90. The van der Waals surface area contributed by atoms with Gasteiger partial charge in [-0.2, -0.15) is 5.10 Å². The molecule has 1 heterocycles. The lowest BCUT2D eigenvalue weighted by Crippen LogP contribution is -2.06. The van der Waals surface area contributed by atoms with Crippen LogP contribution in [-0.4, -0.2) is 15.6 Å². The van der Waals surface area contributed by atoms with E-state index in [0.717, 1.165) is 28.0 Å². The van der Waals surface area contributed by atoms with Crippen molar-refractivity contribution in [1.82, 2.24) is 9.78 Å². The first kappa shape index (κ1) is 14.0. The number of carbonyl (C=O) groups is 1. The predicted octanol–water partition coefficient (Wildman–Crippen LogP) is 4.02. The highest BCUT2D eigenvalue weighted by Crippen LogP contribution is 2.24. The Balaban J connectivity index is 2.69. The van der Waals surface area contributed by atoms with Crippen LogP contribution in [0.4, 0.5) is 0 Å². The van der Waals surface area contributed by atoms with E-state index < -0.39 is 0 Å². The average molecular weight is 321 g/mol. The topological polar surface area (TPSA) is 34.9 Å². The third-order valence-electron chi connectivity index (χ3n) is 3.36. The largest absolute Gasteiger partial charge is 0.294 e. The number of hydrogen-bond donors (Lipinski definition) is 0. The van der Waals surface area contributed by atoms with Gasteiger partial charge in [-0.25, -0.2) is 4.68 Å². The van der Waals surface area contributed by atoms with Crippen molar-refractivity contribution in [2.75, 3.05) is 0 Å². The number of Topliss-reactive ketones (excluding diaryl/α,β-unsaturated/α-hetero) is 1. The molecule has 2 aromatic rings. The Morgan fingerprint density at radius 3 is 2.58 bits per heavy atom. The predicted molar refractivity (Wildman–Crippen MR) is 80.1 cm³/mol. The van der Waals surface area contributed by atoms with Gasteiger partial charge in [0.05, 0.1) is 11.4 Å². The summed E-state index contributed by atoms with van der Waals surface area (Å²) in [6, 6.07) is 5.71. The lowest BCUT2D eigenvalue weighted by atomic mass is 10.1. The second-order valence-electron chi connectivity index (χ2n) is 4.63. The molecule has 0 atom stereocenters. The van der Waals surface area contributed by atoms with Gasteiger partial charge in [-0.05, 0) is 51.0 Å². The minimum absolute atomic E-state index is 0.0434. The Bertz CT molecular complexity index is 644. The molecule has 0 saturated heterocycles. The van der Waals surface area contributed by atoms with Crippen LogP contribution < -0.4 is 0 Å². The number of hydrogen-bond acceptors (Lipinski definition) is 2. The van der Waals surface area contributed by atoms with Gasteiger partial charge in [0.25, 0.3) is 0 Å². The molecule has 0 amide bonds. The zero-order valence-electron chi connectivity index (χ0n) is 11.6. The zero-order valence-corrected chi connectivity index (χ0v) is 13.2. The maximum absolute atomic E-state index is 11.8. The fraction of sp³-hybridized carbons (Fsp3) is 0.333. The molecule has 0 N–H and O–H groups in total. The first-order valence-electron chi connectivity index (χ1n) is 6.31. The molecule has 0 fully saturated rings. The van der Waals surface area contributed by atoms with Crippen molar-refractivity contribution in [2.24, 2.45) is 0 Å². The van der Waals surface area contributed by atoms with Crippen LogP contribution in [0.1, 0.15) is 41.2 Å². The number of halogens is 1. The molecule has 1 aromatic carbocycles. The fourth-order valence-electron chi connectivity index (χ4n) is 2.40. The summed E-state index contributed by atoms with van der Waals surface area (Å²) in [5.74, 6) is 0.0434. The molecule has 19 heavy (non-hydrogen) atoms. The lowest BCUT2D eigenvalue weighted by Gasteiger charge is -2.10. The highest BCUT2D eigenvalue weighted by molar-refractivity contribution is 9.10. The first-order valence-corrected chi connectivity index (χ1v) is 7.11. The summed E-state index contributed by atoms with van der Waals surface area (Å²) < 4.78 is 2.77. The monoisotopic (exact) mass is 320 g/mol. The minimum Gasteiger partial charge on any atom is -0.294 e. The summed E-state index contributed by atoms with van der Waals surface area (Å²) in [4.78, 5) is 11.8. The van der Waals surface area contributed by atoms with Gasteiger partial charge in [0.2, 0.25) is 0 Å². The minimum atomic E-state index is 0.0434. The highest BCUT2D eigenvalue weighted by Gasteiger charge is 2.15. The van der Waals surface area contributed by atoms with Crippen molar-refractivity contribution < 1.29 is 4.79 Å². The van der Waals surface area contributed by atoms with E-state index in [-0.39, 0.29) is 5.78 Å². The van der Waals surface area contributed by atoms with E-state index >= 15 is 0 Å². The Hall–Kier alpha value is -1.42. The van der Waals surface area contributed by atoms with Crippen LogP contribution in [0, 0.1) is 13.8 Å². The molecule has 2 rings (SSSR count). The van der Waals surface area contributed by atoms with E-state index in [1.807, 2.05) is 36.7 Å². The SMILES string of the molecule is CCc1c(C)nn(-c2ccc(Br)cc2C(C)=O)c1C. The van der Waals surface area contributed by atoms with Crippen molar-refractivity contribution in [3.05, 3.63) is 45.2 Å². The van der Waals surface area contributed by atoms with Crippen molar-refractivity contribution >= 4 is 21.7 Å². The quantitative estimate of drug-likeness (QED) is 0.801. The van der Waals surface area contributed by atoms with Gasteiger partial charge in [0, 0.05) is 15.7 Å². The molecule has 100 valence electrons. The number of rotatable bonds is 3. The van der Waals surface area contributed by atoms with E-state index in [1.54, 1.807) is 6.92 Å². The van der Waals surface area contributed by atoms with E-state index in [2.05, 4.69) is 28.0 Å². The second kappa shape index (κ2) is 5.29. The van der Waals surface area contributed by atoms with E-state index in [4.69, 9.17) is 0 Å². The highest BCUT2D eigenvalue weighted by atomic mass is 79.9. The van der Waals surface area contributed by atoms with Crippen LogP contribution in [0.3, 0.4) is 0 Å². The number of ketones is 1. The maximum Gasteiger partial charge on any atom is 0.162 e. The summed E-state index contributed by atoms with van der Waals surface area (Å²) in [6.07, 6.45) is 0.948. The molecule has 0 spiro atoms. The van der Waals surface area contributed by atoms with Gasteiger partial charge in [0.1, 0.15) is 0 Å². The lowest BCUT2D eigenvalue weighted by molar-refractivity contribution is 0.101. The van der Waals surface area contributed by atoms with Crippen LogP contribution in [-0.2, 0) is 6.42 Å². The third kappa shape index (κ3) is 2.50. The molecular formula is C15H17BrN2O. The van der Waals surface area contributed by atoms with Crippen LogP contribution in [0.2, 0.25) is 0 Å². The number of aryl methyl sites for hydroxylation is 1. The molecule has 0 unspecified atom stereocenters. The van der Waals surface area contributed by atoms with Gasteiger partial charge >= 0.3 is 0 Å². The molecule has 3 nitrogen and oxygen atoms in total. The van der Waals surface area contributed by atoms with E-state index in [9.17, 15) is 4.79 Å². The number of aromatic nitrogens is 2. The van der Waals surface area contributed by atoms with E-state index in [1.165, 1.54) is 5.56 Å². The molecule has 0 aliphatic heterocycles. The number of nitrogens with zero attached hydrogens (tertiary/aromatic N) is 2. The molecule has 1 aromatic heterocycles. The Morgan fingerprint density at radius 2 is 2.05 bits per heavy atom. The number of carbonyl (C=O) groups excluding carboxylic acids is 1. The van der Waals surface area contributed by atoms with Gasteiger partial charge in [-0.15, -0.1) is 0 Å². The zero-order chi connectivity index (χ0) is 14.2. The van der Waals surface area contributed by atoms with Gasteiger partial charge in [-0.1, -0.05) is 22.9 Å². The van der Waals surface area contributed by atoms with Gasteiger partial charge in [-0.3, -0.25) is 4.79 Å². The van der Waals surface area contributed by atoms with Crippen molar-refractivity contribution in [1.29, 1.82) is 0 Å². The smallest absolute Gasteiger partial charge is 0.162 e. The normalized spacial score (nSPS) is 10.8. The fourth-order valence-corrected chi connectivity index (χ4v) is 2.76. The molecule has 0 radical (unpaired) electrons.